The molecule has 1 aromatic heterocycles. The van der Waals surface area contributed by atoms with Gasteiger partial charge in [0.25, 0.3) is 17.5 Å². The van der Waals surface area contributed by atoms with Gasteiger partial charge in [0, 0.05) is 10.5 Å². The second-order valence-corrected chi connectivity index (χ2v) is 8.17. The molecule has 3 aromatic rings. The number of nitrogens with one attached hydrogen (secondary N) is 1. The van der Waals surface area contributed by atoms with Crippen LogP contribution in [0.25, 0.3) is 17.4 Å². The maximum atomic E-state index is 13.2. The smallest absolute Gasteiger partial charge is 0.280 e. The Labute approximate surface area is 195 Å². The highest BCUT2D eigenvalue weighted by Gasteiger charge is 2.35. The van der Waals surface area contributed by atoms with Gasteiger partial charge in [-0.25, -0.2) is 0 Å². The molecule has 8 nitrogen and oxygen atoms in total. The molecule has 1 aliphatic heterocycles. The number of furan rings is 1. The van der Waals surface area contributed by atoms with Crippen LogP contribution >= 0.6 is 28.1 Å². The molecule has 0 saturated carbocycles. The third-order valence-electron chi connectivity index (χ3n) is 4.78. The average Bonchev–Trinajstić information content (AvgIpc) is 3.21. The molecule has 0 atom stereocenters. The molecule has 1 fully saturated rings. The summed E-state index contributed by atoms with van der Waals surface area (Å²) in [4.78, 5) is 37.7. The number of para-hydroxylation sites is 1. The molecule has 0 radical (unpaired) electrons. The summed E-state index contributed by atoms with van der Waals surface area (Å²) in [6.45, 7) is 1.82. The Morgan fingerprint density at radius 1 is 1.16 bits per heavy atom. The van der Waals surface area contributed by atoms with E-state index in [4.69, 9.17) is 16.6 Å². The molecule has 0 spiro atoms. The van der Waals surface area contributed by atoms with Crippen LogP contribution in [0.1, 0.15) is 11.3 Å². The zero-order valence-corrected chi connectivity index (χ0v) is 18.9. The summed E-state index contributed by atoms with van der Waals surface area (Å²) < 4.78 is 6.54. The van der Waals surface area contributed by atoms with E-state index in [1.165, 1.54) is 23.1 Å². The third kappa shape index (κ3) is 3.97. The van der Waals surface area contributed by atoms with E-state index in [0.29, 0.717) is 5.69 Å². The highest BCUT2D eigenvalue weighted by atomic mass is 79.9. The average molecular weight is 512 g/mol. The van der Waals surface area contributed by atoms with Crippen LogP contribution in [-0.4, -0.2) is 21.9 Å². The number of aryl methyl sites for hydroxylation is 1. The number of halogens is 1. The molecule has 10 heteroatoms. The second-order valence-electron chi connectivity index (χ2n) is 6.86. The summed E-state index contributed by atoms with van der Waals surface area (Å²) in [6, 6.07) is 14.5. The molecule has 2 heterocycles. The lowest BCUT2D eigenvalue weighted by molar-refractivity contribution is -0.384. The number of carbonyl (C=O) groups is 2. The second kappa shape index (κ2) is 8.48. The standard InChI is InChI=1S/C22H14BrN3O5S/c1-12-10-13(23)6-8-17(12)25-21(28)16(20(27)24-22(25)32)11-14-7-9-19(31-14)15-4-2-3-5-18(15)26(29)30/h2-11H,1H3,(H,24,27,32). The highest BCUT2D eigenvalue weighted by molar-refractivity contribution is 9.10. The Kier molecular flexibility index (Phi) is 5.72. The molecule has 32 heavy (non-hydrogen) atoms. The number of anilines is 1. The van der Waals surface area contributed by atoms with Gasteiger partial charge < -0.3 is 4.42 Å². The van der Waals surface area contributed by atoms with Crippen molar-refractivity contribution in [3.63, 3.8) is 0 Å². The number of benzene rings is 2. The van der Waals surface area contributed by atoms with Crippen molar-refractivity contribution in [1.82, 2.24) is 5.32 Å². The van der Waals surface area contributed by atoms with E-state index in [1.807, 2.05) is 13.0 Å². The Morgan fingerprint density at radius 3 is 2.62 bits per heavy atom. The monoisotopic (exact) mass is 511 g/mol. The molecule has 0 bridgehead atoms. The lowest BCUT2D eigenvalue weighted by atomic mass is 10.1. The Bertz CT molecular complexity index is 1330. The summed E-state index contributed by atoms with van der Waals surface area (Å²) in [5, 5.41) is 13.8. The molecular formula is C22H14BrN3O5S. The minimum atomic E-state index is -0.658. The van der Waals surface area contributed by atoms with Crippen molar-refractivity contribution in [1.29, 1.82) is 0 Å². The number of amides is 2. The first-order valence-corrected chi connectivity index (χ1v) is 10.5. The van der Waals surface area contributed by atoms with Gasteiger partial charge in [-0.15, -0.1) is 0 Å². The van der Waals surface area contributed by atoms with E-state index in [2.05, 4.69) is 21.2 Å². The topological polar surface area (TPSA) is 106 Å². The van der Waals surface area contributed by atoms with E-state index < -0.39 is 16.7 Å². The van der Waals surface area contributed by atoms with Gasteiger partial charge in [-0.2, -0.15) is 0 Å². The SMILES string of the molecule is Cc1cc(Br)ccc1N1C(=O)C(=Cc2ccc(-c3ccccc3[N+](=O)[O-])o2)C(=O)NC1=S. The largest absolute Gasteiger partial charge is 0.456 e. The molecule has 2 amide bonds. The normalized spacial score (nSPS) is 15.2. The molecule has 1 aliphatic rings. The number of rotatable bonds is 4. The fraction of sp³-hybridized carbons (Fsp3) is 0.0455. The number of nitrogens with zero attached hydrogens (tertiary/aromatic N) is 2. The third-order valence-corrected chi connectivity index (χ3v) is 5.56. The molecule has 1 N–H and O–H groups in total. The fourth-order valence-corrected chi connectivity index (χ4v) is 4.05. The van der Waals surface area contributed by atoms with E-state index in [0.717, 1.165) is 10.0 Å². The van der Waals surface area contributed by atoms with Gasteiger partial charge in [0.05, 0.1) is 16.2 Å². The zero-order valence-electron chi connectivity index (χ0n) is 16.5. The number of nitro benzene ring substituents is 1. The molecule has 2 aromatic carbocycles. The number of thiocarbonyl (C=S) groups is 1. The summed E-state index contributed by atoms with van der Waals surface area (Å²) in [6.07, 6.45) is 1.29. The Balaban J connectivity index is 1.71. The van der Waals surface area contributed by atoms with Crippen LogP contribution < -0.4 is 10.2 Å². The summed E-state index contributed by atoms with van der Waals surface area (Å²) >= 11 is 8.61. The molecule has 4 rings (SSSR count). The van der Waals surface area contributed by atoms with Crippen LogP contribution in [0.2, 0.25) is 0 Å². The van der Waals surface area contributed by atoms with E-state index in [1.54, 1.807) is 36.4 Å². The predicted molar refractivity (Wildman–Crippen MR) is 126 cm³/mol. The van der Waals surface area contributed by atoms with Gasteiger partial charge in [-0.3, -0.25) is 29.9 Å². The first-order valence-electron chi connectivity index (χ1n) is 9.27. The van der Waals surface area contributed by atoms with Crippen molar-refractivity contribution in [2.24, 2.45) is 0 Å². The van der Waals surface area contributed by atoms with Crippen LogP contribution in [0, 0.1) is 17.0 Å². The van der Waals surface area contributed by atoms with Crippen molar-refractivity contribution in [3.8, 4) is 11.3 Å². The Morgan fingerprint density at radius 2 is 1.91 bits per heavy atom. The van der Waals surface area contributed by atoms with Gasteiger partial charge in [0.15, 0.2) is 5.11 Å². The van der Waals surface area contributed by atoms with E-state index in [-0.39, 0.29) is 33.5 Å². The van der Waals surface area contributed by atoms with E-state index >= 15 is 0 Å². The lowest BCUT2D eigenvalue weighted by Crippen LogP contribution is -2.54. The summed E-state index contributed by atoms with van der Waals surface area (Å²) in [5.74, 6) is -0.830. The molecule has 160 valence electrons. The van der Waals surface area contributed by atoms with Crippen LogP contribution in [0.4, 0.5) is 11.4 Å². The van der Waals surface area contributed by atoms with Crippen molar-refractivity contribution < 1.29 is 18.9 Å². The number of nitro groups is 1. The quantitative estimate of drug-likeness (QED) is 0.178. The van der Waals surface area contributed by atoms with Crippen molar-refractivity contribution >= 4 is 62.5 Å². The molecule has 0 unspecified atom stereocenters. The van der Waals surface area contributed by atoms with Gasteiger partial charge in [0.2, 0.25) is 0 Å². The number of hydrogen-bond acceptors (Lipinski definition) is 6. The lowest BCUT2D eigenvalue weighted by Gasteiger charge is -2.29. The minimum absolute atomic E-state index is 0.0254. The van der Waals surface area contributed by atoms with Crippen LogP contribution in [0.3, 0.4) is 0 Å². The van der Waals surface area contributed by atoms with Gasteiger partial charge >= 0.3 is 0 Å². The maximum Gasteiger partial charge on any atom is 0.280 e. The van der Waals surface area contributed by atoms with Gasteiger partial charge in [0.1, 0.15) is 17.1 Å². The van der Waals surface area contributed by atoms with Crippen molar-refractivity contribution in [2.75, 3.05) is 4.90 Å². The predicted octanol–water partition coefficient (Wildman–Crippen LogP) is 4.76. The summed E-state index contributed by atoms with van der Waals surface area (Å²) in [5.41, 5.74) is 1.31. The van der Waals surface area contributed by atoms with Crippen LogP contribution in [0.5, 0.6) is 0 Å². The highest BCUT2D eigenvalue weighted by Crippen LogP contribution is 2.32. The number of hydrogen-bond donors (Lipinski definition) is 1. The summed E-state index contributed by atoms with van der Waals surface area (Å²) in [7, 11) is 0. The minimum Gasteiger partial charge on any atom is -0.456 e. The van der Waals surface area contributed by atoms with Crippen molar-refractivity contribution in [3.05, 3.63) is 86.1 Å². The molecule has 1 saturated heterocycles. The Hall–Kier alpha value is -3.63. The molecule has 0 aliphatic carbocycles. The van der Waals surface area contributed by atoms with Gasteiger partial charge in [-0.05, 0) is 67.2 Å². The van der Waals surface area contributed by atoms with Crippen molar-refractivity contribution in [2.45, 2.75) is 6.92 Å². The van der Waals surface area contributed by atoms with Crippen LogP contribution in [-0.2, 0) is 9.59 Å². The zero-order chi connectivity index (χ0) is 23.0. The number of carbonyl (C=O) groups excluding carboxylic acids is 2. The maximum absolute atomic E-state index is 13.2. The first kappa shape index (κ1) is 21.6. The van der Waals surface area contributed by atoms with Crippen LogP contribution in [0.15, 0.2) is 69.1 Å². The van der Waals surface area contributed by atoms with Gasteiger partial charge in [-0.1, -0.05) is 28.1 Å². The van der Waals surface area contributed by atoms with E-state index in [9.17, 15) is 19.7 Å². The fourth-order valence-electron chi connectivity index (χ4n) is 3.30. The first-order chi connectivity index (χ1) is 15.3. The molecular weight excluding hydrogens is 498 g/mol.